The molecule has 0 bridgehead atoms. The maximum Gasteiger partial charge on any atom is 0.243 e. The van der Waals surface area contributed by atoms with Crippen molar-refractivity contribution in [2.75, 3.05) is 26.7 Å². The lowest BCUT2D eigenvalue weighted by Gasteiger charge is -2.24. The minimum Gasteiger partial charge on any atom is -0.368 e. The predicted molar refractivity (Wildman–Crippen MR) is 115 cm³/mol. The maximum atomic E-state index is 12.8. The van der Waals surface area contributed by atoms with Gasteiger partial charge in [0.05, 0.1) is 6.04 Å². The summed E-state index contributed by atoms with van der Waals surface area (Å²) in [4.78, 5) is 37.1. The summed E-state index contributed by atoms with van der Waals surface area (Å²) in [5.74, 6) is -1.27. The molecule has 10 nitrogen and oxygen atoms in total. The lowest BCUT2D eigenvalue weighted by molar-refractivity contribution is -0.132. The van der Waals surface area contributed by atoms with Gasteiger partial charge in [0.15, 0.2) is 0 Å². The van der Waals surface area contributed by atoms with Crippen LogP contribution < -0.4 is 38.9 Å². The largest absolute Gasteiger partial charge is 0.368 e. The van der Waals surface area contributed by atoms with E-state index in [0.717, 1.165) is 25.7 Å². The zero-order valence-electron chi connectivity index (χ0n) is 17.8. The first-order valence-corrected chi connectivity index (χ1v) is 10.6. The van der Waals surface area contributed by atoms with E-state index in [2.05, 4.69) is 16.0 Å². The fourth-order valence-corrected chi connectivity index (χ4v) is 2.98. The van der Waals surface area contributed by atoms with E-state index in [1.54, 1.807) is 7.05 Å². The van der Waals surface area contributed by atoms with Gasteiger partial charge in [0.2, 0.25) is 17.7 Å². The predicted octanol–water partition coefficient (Wildman–Crippen LogP) is -1.58. The Hall–Kier alpha value is -1.75. The van der Waals surface area contributed by atoms with Crippen molar-refractivity contribution in [3.63, 3.8) is 0 Å². The molecule has 0 saturated carbocycles. The van der Waals surface area contributed by atoms with Crippen LogP contribution in [0.25, 0.3) is 0 Å². The van der Waals surface area contributed by atoms with E-state index in [4.69, 9.17) is 22.9 Å². The average Bonchev–Trinajstić information content (AvgIpc) is 2.69. The van der Waals surface area contributed by atoms with Crippen molar-refractivity contribution in [1.82, 2.24) is 16.0 Å². The van der Waals surface area contributed by atoms with Crippen LogP contribution in [0.3, 0.4) is 0 Å². The van der Waals surface area contributed by atoms with Crippen molar-refractivity contribution >= 4 is 17.7 Å². The number of carbonyl (C=O) groups is 3. The molecule has 29 heavy (non-hydrogen) atoms. The van der Waals surface area contributed by atoms with Gasteiger partial charge in [-0.3, -0.25) is 14.4 Å². The molecule has 0 aromatic heterocycles. The Kier molecular flexibility index (Phi) is 16.1. The second-order valence-corrected chi connectivity index (χ2v) is 7.22. The Balaban J connectivity index is 4.99. The molecule has 0 aliphatic rings. The van der Waals surface area contributed by atoms with E-state index in [1.165, 1.54) is 0 Å². The van der Waals surface area contributed by atoms with E-state index >= 15 is 0 Å². The van der Waals surface area contributed by atoms with Crippen LogP contribution in [-0.4, -0.2) is 62.5 Å². The first kappa shape index (κ1) is 27.2. The van der Waals surface area contributed by atoms with Crippen LogP contribution in [0.1, 0.15) is 57.8 Å². The number of rotatable bonds is 18. The monoisotopic (exact) mass is 415 g/mol. The van der Waals surface area contributed by atoms with Gasteiger partial charge in [-0.15, -0.1) is 0 Å². The molecule has 3 atom stereocenters. The van der Waals surface area contributed by atoms with Crippen LogP contribution in [0.5, 0.6) is 0 Å². The summed E-state index contributed by atoms with van der Waals surface area (Å²) in [6.45, 7) is 1.58. The number of hydrogen-bond donors (Lipinski definition) is 7. The number of primary amides is 1. The second kappa shape index (κ2) is 17.1. The van der Waals surface area contributed by atoms with E-state index in [-0.39, 0.29) is 5.91 Å². The van der Waals surface area contributed by atoms with Crippen molar-refractivity contribution in [2.24, 2.45) is 22.9 Å². The van der Waals surface area contributed by atoms with Crippen molar-refractivity contribution in [2.45, 2.75) is 75.9 Å². The summed E-state index contributed by atoms with van der Waals surface area (Å²) >= 11 is 0. The number of hydrogen-bond acceptors (Lipinski definition) is 7. The highest BCUT2D eigenvalue weighted by Gasteiger charge is 2.27. The Morgan fingerprint density at radius 2 is 1.03 bits per heavy atom. The highest BCUT2D eigenvalue weighted by atomic mass is 16.2. The van der Waals surface area contributed by atoms with Gasteiger partial charge in [0, 0.05) is 0 Å². The number of likely N-dealkylation sites (N-methyl/N-ethyl adjacent to an activating group) is 1. The van der Waals surface area contributed by atoms with Crippen molar-refractivity contribution in [1.29, 1.82) is 0 Å². The van der Waals surface area contributed by atoms with Crippen molar-refractivity contribution in [3.8, 4) is 0 Å². The van der Waals surface area contributed by atoms with Crippen LogP contribution >= 0.6 is 0 Å². The summed E-state index contributed by atoms with van der Waals surface area (Å²) in [5, 5.41) is 8.46. The fraction of sp³-hybridized carbons (Fsp3) is 0.842. The zero-order chi connectivity index (χ0) is 22.1. The van der Waals surface area contributed by atoms with E-state index < -0.39 is 29.9 Å². The van der Waals surface area contributed by atoms with Gasteiger partial charge in [-0.1, -0.05) is 6.42 Å². The van der Waals surface area contributed by atoms with Crippen LogP contribution in [0.4, 0.5) is 0 Å². The molecule has 0 heterocycles. The molecular formula is C19H41N7O3. The smallest absolute Gasteiger partial charge is 0.243 e. The Morgan fingerprint density at radius 1 is 0.655 bits per heavy atom. The van der Waals surface area contributed by atoms with E-state index in [9.17, 15) is 14.4 Å². The fourth-order valence-electron chi connectivity index (χ4n) is 2.98. The van der Waals surface area contributed by atoms with Gasteiger partial charge < -0.3 is 38.9 Å². The van der Waals surface area contributed by atoms with Crippen LogP contribution in [-0.2, 0) is 14.4 Å². The topological polar surface area (TPSA) is 191 Å². The molecule has 0 aromatic rings. The standard InChI is InChI=1S/C19H41N7O3/c1-24-15(9-3-6-12-21)18(28)26-16(10-4-7-13-22)19(29)25-14(17(23)27)8-2-5-11-20/h14-16,24H,2-13,20-22H2,1H3,(H2,23,27)(H,25,29)(H,26,28). The van der Waals surface area contributed by atoms with E-state index in [0.29, 0.717) is 51.7 Å². The van der Waals surface area contributed by atoms with Crippen LogP contribution in [0.15, 0.2) is 0 Å². The number of unbranched alkanes of at least 4 members (excludes halogenated alkanes) is 3. The molecule has 0 aromatic carbocycles. The number of amides is 3. The molecule has 10 heteroatoms. The lowest BCUT2D eigenvalue weighted by Crippen LogP contribution is -2.55. The minimum absolute atomic E-state index is 0.254. The molecule has 3 unspecified atom stereocenters. The van der Waals surface area contributed by atoms with Gasteiger partial charge in [0.25, 0.3) is 0 Å². The highest BCUT2D eigenvalue weighted by Crippen LogP contribution is 2.07. The third-order valence-corrected chi connectivity index (χ3v) is 4.80. The van der Waals surface area contributed by atoms with Gasteiger partial charge >= 0.3 is 0 Å². The maximum absolute atomic E-state index is 12.8. The Labute approximate surface area is 174 Å². The average molecular weight is 416 g/mol. The molecule has 0 saturated heterocycles. The van der Waals surface area contributed by atoms with Crippen molar-refractivity contribution < 1.29 is 14.4 Å². The third kappa shape index (κ3) is 12.4. The summed E-state index contributed by atoms with van der Waals surface area (Å²) < 4.78 is 0. The number of nitrogens with one attached hydrogen (secondary N) is 3. The van der Waals surface area contributed by atoms with Gasteiger partial charge in [-0.2, -0.15) is 0 Å². The lowest BCUT2D eigenvalue weighted by atomic mass is 10.0. The summed E-state index contributed by atoms with van der Waals surface area (Å²) in [5.41, 5.74) is 21.9. The SMILES string of the molecule is CNC(CCCCN)C(=O)NC(CCCCN)C(=O)NC(CCCCN)C(N)=O. The molecule has 170 valence electrons. The quantitative estimate of drug-likeness (QED) is 0.131. The van der Waals surface area contributed by atoms with E-state index in [1.807, 2.05) is 0 Å². The van der Waals surface area contributed by atoms with Crippen LogP contribution in [0.2, 0.25) is 0 Å². The summed E-state index contributed by atoms with van der Waals surface area (Å²) in [7, 11) is 1.71. The van der Waals surface area contributed by atoms with Crippen molar-refractivity contribution in [3.05, 3.63) is 0 Å². The first-order chi connectivity index (χ1) is 13.9. The normalized spacial score (nSPS) is 14.1. The zero-order valence-corrected chi connectivity index (χ0v) is 17.8. The van der Waals surface area contributed by atoms with Gasteiger partial charge in [-0.05, 0) is 78.0 Å². The Morgan fingerprint density at radius 3 is 1.45 bits per heavy atom. The number of carbonyl (C=O) groups excluding carboxylic acids is 3. The molecule has 0 rings (SSSR count). The molecule has 0 spiro atoms. The number of nitrogens with two attached hydrogens (primary N) is 4. The summed E-state index contributed by atoms with van der Waals surface area (Å²) in [6.07, 6.45) is 5.95. The Bertz CT molecular complexity index is 477. The molecule has 0 aliphatic heterocycles. The molecular weight excluding hydrogens is 374 g/mol. The molecule has 11 N–H and O–H groups in total. The second-order valence-electron chi connectivity index (χ2n) is 7.22. The minimum atomic E-state index is -0.785. The van der Waals surface area contributed by atoms with Crippen LogP contribution in [0, 0.1) is 0 Å². The molecule has 3 amide bonds. The van der Waals surface area contributed by atoms with Gasteiger partial charge in [-0.25, -0.2) is 0 Å². The van der Waals surface area contributed by atoms with Gasteiger partial charge in [0.1, 0.15) is 12.1 Å². The third-order valence-electron chi connectivity index (χ3n) is 4.80. The first-order valence-electron chi connectivity index (χ1n) is 10.6. The molecule has 0 radical (unpaired) electrons. The molecule has 0 aliphatic carbocycles. The molecule has 0 fully saturated rings. The summed E-state index contributed by atoms with van der Waals surface area (Å²) in [6, 6.07) is -1.95. The highest BCUT2D eigenvalue weighted by molar-refractivity contribution is 5.92.